The molecule has 0 amide bonds. The van der Waals surface area contributed by atoms with Crippen LogP contribution in [0.15, 0.2) is 36.4 Å². The van der Waals surface area contributed by atoms with E-state index in [1.165, 1.54) is 0 Å². The van der Waals surface area contributed by atoms with Crippen LogP contribution in [0.3, 0.4) is 0 Å². The Morgan fingerprint density at radius 1 is 1.19 bits per heavy atom. The number of rotatable bonds is 7. The topological polar surface area (TPSA) is 97.5 Å². The molecule has 6 nitrogen and oxygen atoms in total. The molecule has 0 radical (unpaired) electrons. The Hall–Kier alpha value is -3.17. The molecule has 0 aliphatic carbocycles. The summed E-state index contributed by atoms with van der Waals surface area (Å²) in [5, 5.41) is 9.70. The first kappa shape index (κ1) is 22.5. The van der Waals surface area contributed by atoms with Crippen molar-refractivity contribution in [2.24, 2.45) is 5.92 Å². The van der Waals surface area contributed by atoms with Crippen molar-refractivity contribution in [2.75, 3.05) is 38.2 Å². The van der Waals surface area contributed by atoms with Crippen molar-refractivity contribution in [1.82, 2.24) is 4.90 Å². The standard InChI is InChI=1S/C25H32N4O2/c1-4-18-12-20(6-7-22(18)27)31-24(5-2)21-13-19(15-26)25(14-23(21)28)30-16-17-8-10-29(3)11-9-17/h5-7,12-14,17H,4,8-11,16,27-28H2,1-3H3/b24-5+. The van der Waals surface area contributed by atoms with Crippen molar-refractivity contribution in [3.8, 4) is 17.6 Å². The van der Waals surface area contributed by atoms with Gasteiger partial charge in [-0.1, -0.05) is 6.92 Å². The fourth-order valence-corrected chi connectivity index (χ4v) is 3.80. The van der Waals surface area contributed by atoms with Crippen LogP contribution in [-0.4, -0.2) is 31.6 Å². The maximum Gasteiger partial charge on any atom is 0.139 e. The van der Waals surface area contributed by atoms with Gasteiger partial charge in [0.1, 0.15) is 23.3 Å². The highest BCUT2D eigenvalue weighted by Crippen LogP contribution is 2.33. The van der Waals surface area contributed by atoms with Gasteiger partial charge in [0.25, 0.3) is 0 Å². The van der Waals surface area contributed by atoms with Gasteiger partial charge in [0.15, 0.2) is 0 Å². The van der Waals surface area contributed by atoms with Crippen molar-refractivity contribution in [3.63, 3.8) is 0 Å². The van der Waals surface area contributed by atoms with E-state index < -0.39 is 0 Å². The predicted molar refractivity (Wildman–Crippen MR) is 126 cm³/mol. The summed E-state index contributed by atoms with van der Waals surface area (Å²) in [5.41, 5.74) is 15.7. The van der Waals surface area contributed by atoms with Gasteiger partial charge in [0, 0.05) is 23.0 Å². The number of hydrogen-bond donors (Lipinski definition) is 2. The molecule has 1 heterocycles. The minimum Gasteiger partial charge on any atom is -0.492 e. The van der Waals surface area contributed by atoms with Crippen LogP contribution in [0.5, 0.6) is 11.5 Å². The van der Waals surface area contributed by atoms with Crippen LogP contribution in [0.1, 0.15) is 43.4 Å². The second-order valence-electron chi connectivity index (χ2n) is 8.07. The van der Waals surface area contributed by atoms with E-state index in [2.05, 4.69) is 18.0 Å². The van der Waals surface area contributed by atoms with Gasteiger partial charge in [-0.25, -0.2) is 0 Å². The quantitative estimate of drug-likeness (QED) is 0.507. The Kier molecular flexibility index (Phi) is 7.43. The molecule has 0 unspecified atom stereocenters. The highest BCUT2D eigenvalue weighted by atomic mass is 16.5. The summed E-state index contributed by atoms with van der Waals surface area (Å²) in [6.45, 7) is 6.68. The second kappa shape index (κ2) is 10.2. The zero-order valence-corrected chi connectivity index (χ0v) is 18.6. The Morgan fingerprint density at radius 3 is 2.58 bits per heavy atom. The van der Waals surface area contributed by atoms with Gasteiger partial charge in [0.2, 0.25) is 0 Å². The van der Waals surface area contributed by atoms with E-state index in [1.54, 1.807) is 12.1 Å². The fourth-order valence-electron chi connectivity index (χ4n) is 3.80. The summed E-state index contributed by atoms with van der Waals surface area (Å²) >= 11 is 0. The third kappa shape index (κ3) is 5.50. The number of benzene rings is 2. The van der Waals surface area contributed by atoms with E-state index in [0.717, 1.165) is 43.6 Å². The molecule has 6 heteroatoms. The van der Waals surface area contributed by atoms with Crippen LogP contribution in [0.25, 0.3) is 5.76 Å². The Bertz CT molecular complexity index is 986. The number of piperidine rings is 1. The Labute approximate surface area is 185 Å². The van der Waals surface area contributed by atoms with Gasteiger partial charge in [-0.05, 0) is 88.1 Å². The molecule has 1 aliphatic rings. The van der Waals surface area contributed by atoms with Crippen LogP contribution in [0, 0.1) is 17.2 Å². The van der Waals surface area contributed by atoms with E-state index in [0.29, 0.717) is 46.6 Å². The molecule has 0 saturated carbocycles. The molecule has 4 N–H and O–H groups in total. The number of nitrogens with two attached hydrogens (primary N) is 2. The van der Waals surface area contributed by atoms with Gasteiger partial charge < -0.3 is 25.8 Å². The number of hydrogen-bond acceptors (Lipinski definition) is 6. The second-order valence-corrected chi connectivity index (χ2v) is 8.07. The highest BCUT2D eigenvalue weighted by Gasteiger charge is 2.19. The summed E-state index contributed by atoms with van der Waals surface area (Å²) in [6.07, 6.45) is 4.86. The third-order valence-electron chi connectivity index (χ3n) is 5.84. The van der Waals surface area contributed by atoms with Gasteiger partial charge in [-0.3, -0.25) is 0 Å². The fraction of sp³-hybridized carbons (Fsp3) is 0.400. The molecule has 2 aromatic carbocycles. The number of aryl methyl sites for hydroxylation is 1. The maximum atomic E-state index is 9.70. The molecule has 1 fully saturated rings. The Balaban J connectivity index is 1.78. The van der Waals surface area contributed by atoms with Gasteiger partial charge >= 0.3 is 0 Å². The lowest BCUT2D eigenvalue weighted by atomic mass is 9.98. The number of nitriles is 1. The monoisotopic (exact) mass is 420 g/mol. The maximum absolute atomic E-state index is 9.70. The predicted octanol–water partition coefficient (Wildman–Crippen LogP) is 4.45. The summed E-state index contributed by atoms with van der Waals surface area (Å²) < 4.78 is 12.1. The van der Waals surface area contributed by atoms with Crippen molar-refractivity contribution in [3.05, 3.63) is 53.1 Å². The lowest BCUT2D eigenvalue weighted by molar-refractivity contribution is 0.160. The highest BCUT2D eigenvalue weighted by molar-refractivity contribution is 5.75. The SMILES string of the molecule is C/C=C(/Oc1ccc(N)c(CC)c1)c1cc(C#N)c(OCC2CCN(C)CC2)cc1N. The van der Waals surface area contributed by atoms with E-state index in [9.17, 15) is 5.26 Å². The van der Waals surface area contributed by atoms with Crippen molar-refractivity contribution < 1.29 is 9.47 Å². The largest absolute Gasteiger partial charge is 0.492 e. The molecule has 0 atom stereocenters. The molecular weight excluding hydrogens is 388 g/mol. The lowest BCUT2D eigenvalue weighted by Gasteiger charge is -2.28. The minimum absolute atomic E-state index is 0.451. The number of likely N-dealkylation sites (tertiary alicyclic amines) is 1. The number of allylic oxidation sites excluding steroid dienone is 1. The first-order chi connectivity index (χ1) is 14.9. The normalized spacial score (nSPS) is 15.5. The van der Waals surface area contributed by atoms with Crippen LogP contribution in [0.4, 0.5) is 11.4 Å². The first-order valence-corrected chi connectivity index (χ1v) is 10.8. The molecule has 0 aromatic heterocycles. The first-order valence-electron chi connectivity index (χ1n) is 10.8. The average molecular weight is 421 g/mol. The van der Waals surface area contributed by atoms with Crippen molar-refractivity contribution >= 4 is 17.1 Å². The average Bonchev–Trinajstić information content (AvgIpc) is 2.78. The molecule has 0 spiro atoms. The zero-order chi connectivity index (χ0) is 22.4. The Morgan fingerprint density at radius 2 is 1.94 bits per heavy atom. The molecule has 3 rings (SSSR count). The number of anilines is 2. The van der Waals surface area contributed by atoms with Crippen LogP contribution >= 0.6 is 0 Å². The smallest absolute Gasteiger partial charge is 0.139 e. The zero-order valence-electron chi connectivity index (χ0n) is 18.6. The molecule has 2 aromatic rings. The van der Waals surface area contributed by atoms with E-state index in [-0.39, 0.29) is 0 Å². The van der Waals surface area contributed by atoms with E-state index >= 15 is 0 Å². The van der Waals surface area contributed by atoms with E-state index in [4.69, 9.17) is 20.9 Å². The molecule has 1 saturated heterocycles. The molecular formula is C25H32N4O2. The number of ether oxygens (including phenoxy) is 2. The van der Waals surface area contributed by atoms with Crippen molar-refractivity contribution in [1.29, 1.82) is 5.26 Å². The third-order valence-corrected chi connectivity index (χ3v) is 5.84. The van der Waals surface area contributed by atoms with Crippen LogP contribution in [0.2, 0.25) is 0 Å². The summed E-state index contributed by atoms with van der Waals surface area (Å²) in [7, 11) is 2.14. The molecule has 0 bridgehead atoms. The molecule has 31 heavy (non-hydrogen) atoms. The van der Waals surface area contributed by atoms with Crippen LogP contribution in [-0.2, 0) is 6.42 Å². The van der Waals surface area contributed by atoms with Gasteiger partial charge in [0.05, 0.1) is 12.2 Å². The molecule has 1 aliphatic heterocycles. The lowest BCUT2D eigenvalue weighted by Crippen LogP contribution is -2.32. The number of nitrogens with zero attached hydrogens (tertiary/aromatic N) is 2. The van der Waals surface area contributed by atoms with E-state index in [1.807, 2.05) is 38.1 Å². The minimum atomic E-state index is 0.451. The van der Waals surface area contributed by atoms with Gasteiger partial charge in [-0.15, -0.1) is 0 Å². The van der Waals surface area contributed by atoms with Gasteiger partial charge in [-0.2, -0.15) is 5.26 Å². The van der Waals surface area contributed by atoms with Crippen LogP contribution < -0.4 is 20.9 Å². The number of nitrogen functional groups attached to an aromatic ring is 2. The summed E-state index contributed by atoms with van der Waals surface area (Å²) in [5.74, 6) is 2.29. The van der Waals surface area contributed by atoms with Crippen molar-refractivity contribution in [2.45, 2.75) is 33.1 Å². The summed E-state index contributed by atoms with van der Waals surface area (Å²) in [4.78, 5) is 2.33. The molecule has 164 valence electrons. The summed E-state index contributed by atoms with van der Waals surface area (Å²) in [6, 6.07) is 11.3.